The molecule has 0 N–H and O–H groups in total. The molecule has 274 valence electrons. The molecule has 0 saturated carbocycles. The van der Waals surface area contributed by atoms with Crippen molar-refractivity contribution in [3.8, 4) is 73.4 Å². The summed E-state index contributed by atoms with van der Waals surface area (Å²) in [6.07, 6.45) is 12.5. The number of hydrogen-bond donors (Lipinski definition) is 0. The van der Waals surface area contributed by atoms with E-state index < -0.39 is 0 Å². The monoisotopic (exact) mass is 743 g/mol. The molecule has 0 radical (unpaired) electrons. The number of hydrogen-bond acceptors (Lipinski definition) is 5. The number of aliphatic imine (C=N–C) groups is 1. The minimum Gasteiger partial charge on any atom is -0.260 e. The summed E-state index contributed by atoms with van der Waals surface area (Å²) in [5.41, 5.74) is 14.4. The van der Waals surface area contributed by atoms with Crippen molar-refractivity contribution in [1.29, 1.82) is 5.26 Å². The Kier molecular flexibility index (Phi) is 9.13. The minimum atomic E-state index is 0.611. The van der Waals surface area contributed by atoms with Gasteiger partial charge in [0.15, 0.2) is 17.5 Å². The van der Waals surface area contributed by atoms with E-state index in [4.69, 9.17) is 19.9 Å². The number of nitrogens with zero attached hydrogens (tertiary/aromatic N) is 5. The van der Waals surface area contributed by atoms with Crippen LogP contribution in [0.25, 0.3) is 83.6 Å². The summed E-state index contributed by atoms with van der Waals surface area (Å²) in [5, 5.41) is 12.6. The number of benzene rings is 7. The van der Waals surface area contributed by atoms with Gasteiger partial charge < -0.3 is 0 Å². The fourth-order valence-electron chi connectivity index (χ4n) is 8.15. The number of nitriles is 1. The zero-order valence-electron chi connectivity index (χ0n) is 31.8. The van der Waals surface area contributed by atoms with Crippen LogP contribution in [0.4, 0.5) is 5.69 Å². The van der Waals surface area contributed by atoms with Crippen molar-refractivity contribution in [2.24, 2.45) is 4.99 Å². The molecule has 7 aromatic carbocycles. The van der Waals surface area contributed by atoms with Crippen LogP contribution in [0.5, 0.6) is 0 Å². The fourth-order valence-corrected chi connectivity index (χ4v) is 8.15. The van der Waals surface area contributed by atoms with Gasteiger partial charge in [0.1, 0.15) is 0 Å². The molecule has 5 heteroatoms. The maximum Gasteiger partial charge on any atom is 0.164 e. The van der Waals surface area contributed by atoms with Gasteiger partial charge in [0.05, 0.1) is 17.3 Å². The molecule has 0 fully saturated rings. The van der Waals surface area contributed by atoms with E-state index in [1.54, 1.807) is 0 Å². The number of aromatic nitrogens is 3. The molecule has 0 unspecified atom stereocenters. The molecule has 1 aliphatic heterocycles. The van der Waals surface area contributed by atoms with E-state index in [0.29, 0.717) is 23.0 Å². The van der Waals surface area contributed by atoms with E-state index in [2.05, 4.69) is 133 Å². The van der Waals surface area contributed by atoms with Gasteiger partial charge in [-0.2, -0.15) is 5.26 Å². The van der Waals surface area contributed by atoms with Crippen LogP contribution in [0.2, 0.25) is 0 Å². The van der Waals surface area contributed by atoms with Gasteiger partial charge in [0, 0.05) is 28.5 Å². The molecule has 5 nitrogen and oxygen atoms in total. The average Bonchev–Trinajstić information content (AvgIpc) is 3.31. The number of fused-ring (bicyclic) bond motifs is 2. The van der Waals surface area contributed by atoms with Crippen molar-refractivity contribution in [2.75, 3.05) is 0 Å². The van der Waals surface area contributed by atoms with Gasteiger partial charge >= 0.3 is 0 Å². The van der Waals surface area contributed by atoms with E-state index in [9.17, 15) is 5.26 Å². The maximum atomic E-state index is 10.3. The van der Waals surface area contributed by atoms with Gasteiger partial charge in [-0.25, -0.2) is 15.0 Å². The zero-order valence-corrected chi connectivity index (χ0v) is 31.8. The first-order valence-electron chi connectivity index (χ1n) is 19.8. The highest BCUT2D eigenvalue weighted by molar-refractivity contribution is 6.04. The zero-order chi connectivity index (χ0) is 38.8. The second-order valence-electron chi connectivity index (χ2n) is 14.7. The molecule has 0 atom stereocenters. The first-order valence-corrected chi connectivity index (χ1v) is 19.8. The molecule has 8 aromatic rings. The lowest BCUT2D eigenvalue weighted by Gasteiger charge is -2.17. The Labute approximate surface area is 338 Å². The summed E-state index contributed by atoms with van der Waals surface area (Å²) >= 11 is 0. The fraction of sp³-hybridized carbons (Fsp3) is 0.0755. The lowest BCUT2D eigenvalue weighted by Crippen LogP contribution is -2.03. The summed E-state index contributed by atoms with van der Waals surface area (Å²) < 4.78 is 0. The van der Waals surface area contributed by atoms with Crippen LogP contribution in [0.1, 0.15) is 36.2 Å². The quantitative estimate of drug-likeness (QED) is 0.163. The minimum absolute atomic E-state index is 0.611. The SMILES string of the molecule is N#Cc1cc(-c2ccc(-c3cccc4c3N=CCC4)cc2)cc(-c2ccc3ccccc3c2-c2ccc(-c3nc(C4=CCCC=C4)nc(-c4ccccc4)n3)cc2)c1. The van der Waals surface area contributed by atoms with Gasteiger partial charge in [-0.15, -0.1) is 0 Å². The summed E-state index contributed by atoms with van der Waals surface area (Å²) in [6.45, 7) is 0. The van der Waals surface area contributed by atoms with E-state index in [-0.39, 0.29) is 0 Å². The molecule has 2 heterocycles. The van der Waals surface area contributed by atoms with Crippen molar-refractivity contribution in [3.63, 3.8) is 0 Å². The Bertz CT molecular complexity index is 2990. The summed E-state index contributed by atoms with van der Waals surface area (Å²) in [6, 6.07) is 55.2. The van der Waals surface area contributed by atoms with E-state index in [1.807, 2.05) is 48.7 Å². The molecule has 0 amide bonds. The Morgan fingerprint density at radius 3 is 2.00 bits per heavy atom. The summed E-state index contributed by atoms with van der Waals surface area (Å²) in [7, 11) is 0. The summed E-state index contributed by atoms with van der Waals surface area (Å²) in [4.78, 5) is 19.6. The topological polar surface area (TPSA) is 74.8 Å². The smallest absolute Gasteiger partial charge is 0.164 e. The number of allylic oxidation sites excluding steroid dienone is 4. The van der Waals surface area contributed by atoms with E-state index >= 15 is 0 Å². The predicted octanol–water partition coefficient (Wildman–Crippen LogP) is 13.3. The largest absolute Gasteiger partial charge is 0.260 e. The second kappa shape index (κ2) is 15.2. The van der Waals surface area contributed by atoms with Crippen molar-refractivity contribution < 1.29 is 0 Å². The third-order valence-electron chi connectivity index (χ3n) is 11.1. The first kappa shape index (κ1) is 34.9. The highest BCUT2D eigenvalue weighted by Gasteiger charge is 2.18. The molecular formula is C53H37N5. The molecule has 1 aliphatic carbocycles. The normalized spacial score (nSPS) is 13.2. The molecule has 0 bridgehead atoms. The van der Waals surface area contributed by atoms with Crippen LogP contribution in [0.15, 0.2) is 175 Å². The van der Waals surface area contributed by atoms with Crippen molar-refractivity contribution in [2.45, 2.75) is 25.7 Å². The first-order chi connectivity index (χ1) is 28.7. The third kappa shape index (κ3) is 6.72. The lowest BCUT2D eigenvalue weighted by atomic mass is 9.87. The Balaban J connectivity index is 1.05. The predicted molar refractivity (Wildman–Crippen MR) is 237 cm³/mol. The molecular weight excluding hydrogens is 707 g/mol. The number of para-hydroxylation sites is 1. The van der Waals surface area contributed by atoms with Crippen LogP contribution in [-0.4, -0.2) is 21.2 Å². The standard InChI is InChI=1S/C53H37N5/c54-34-35-31-44(36-20-22-38(23-21-36)48-19-9-16-40-17-10-30-55-50(40)48)33-45(32-35)47-29-28-37-11-7-8-18-46(37)49(47)39-24-26-43(27-25-39)53-57-51(41-12-3-1-4-13-41)56-52(58-53)42-14-5-2-6-15-42/h1,3-5,7-9,11-16,18-33H,2,6,10,17H2. The highest BCUT2D eigenvalue weighted by atomic mass is 15.0. The maximum absolute atomic E-state index is 10.3. The van der Waals surface area contributed by atoms with Gasteiger partial charge in [-0.3, -0.25) is 4.99 Å². The second-order valence-corrected chi connectivity index (χ2v) is 14.7. The Hall–Kier alpha value is -7.55. The van der Waals surface area contributed by atoms with E-state index in [0.717, 1.165) is 103 Å². The van der Waals surface area contributed by atoms with Crippen LogP contribution in [-0.2, 0) is 6.42 Å². The Morgan fingerprint density at radius 1 is 0.500 bits per heavy atom. The van der Waals surface area contributed by atoms with Crippen LogP contribution in [0, 0.1) is 11.3 Å². The molecule has 1 aromatic heterocycles. The Morgan fingerprint density at radius 2 is 1.21 bits per heavy atom. The molecule has 58 heavy (non-hydrogen) atoms. The van der Waals surface area contributed by atoms with Crippen molar-refractivity contribution >= 4 is 28.2 Å². The molecule has 2 aliphatic rings. The highest BCUT2D eigenvalue weighted by Crippen LogP contribution is 2.41. The average molecular weight is 744 g/mol. The van der Waals surface area contributed by atoms with Crippen LogP contribution in [0.3, 0.4) is 0 Å². The number of rotatable bonds is 7. The molecule has 0 spiro atoms. The van der Waals surface area contributed by atoms with Crippen LogP contribution < -0.4 is 0 Å². The van der Waals surface area contributed by atoms with E-state index in [1.165, 1.54) is 5.56 Å². The summed E-state index contributed by atoms with van der Waals surface area (Å²) in [5.74, 6) is 1.96. The van der Waals surface area contributed by atoms with Crippen LogP contribution >= 0.6 is 0 Å². The molecule has 10 rings (SSSR count). The third-order valence-corrected chi connectivity index (χ3v) is 11.1. The van der Waals surface area contributed by atoms with Crippen molar-refractivity contribution in [1.82, 2.24) is 15.0 Å². The number of aryl methyl sites for hydroxylation is 1. The van der Waals surface area contributed by atoms with Gasteiger partial charge in [0.2, 0.25) is 0 Å². The van der Waals surface area contributed by atoms with Crippen molar-refractivity contribution in [3.05, 3.63) is 187 Å². The molecule has 0 saturated heterocycles. The van der Waals surface area contributed by atoms with Gasteiger partial charge in [-0.05, 0) is 99.2 Å². The van der Waals surface area contributed by atoms with Gasteiger partial charge in [0.25, 0.3) is 0 Å². The lowest BCUT2D eigenvalue weighted by molar-refractivity contribution is 1.01. The van der Waals surface area contributed by atoms with Gasteiger partial charge in [-0.1, -0.05) is 152 Å².